The summed E-state index contributed by atoms with van der Waals surface area (Å²) in [7, 11) is -4.06. The van der Waals surface area contributed by atoms with Gasteiger partial charge in [0.15, 0.2) is 22.4 Å². The molecule has 0 aromatic carbocycles. The molecule has 6 nitrogen and oxygen atoms in total. The van der Waals surface area contributed by atoms with Crippen LogP contribution in [0.5, 0.6) is 0 Å². The lowest BCUT2D eigenvalue weighted by atomic mass is 9.79. The van der Waals surface area contributed by atoms with Crippen molar-refractivity contribution < 1.29 is 23.2 Å². The van der Waals surface area contributed by atoms with Crippen LogP contribution < -0.4 is 0 Å². The van der Waals surface area contributed by atoms with E-state index in [0.29, 0.717) is 12.3 Å². The van der Waals surface area contributed by atoms with Gasteiger partial charge in [-0.3, -0.25) is 9.59 Å². The van der Waals surface area contributed by atoms with Crippen molar-refractivity contribution in [3.8, 4) is 0 Å². The van der Waals surface area contributed by atoms with Crippen LogP contribution in [0.25, 0.3) is 6.08 Å². The Morgan fingerprint density at radius 2 is 1.55 bits per heavy atom. The number of thiazole rings is 1. The zero-order valence-corrected chi connectivity index (χ0v) is 38.5. The Labute approximate surface area is 315 Å². The third kappa shape index (κ3) is 14.9. The van der Waals surface area contributed by atoms with Crippen LogP contribution in [0.3, 0.4) is 0 Å². The van der Waals surface area contributed by atoms with Crippen molar-refractivity contribution in [2.24, 2.45) is 11.3 Å². The number of hydrogen-bond donors (Lipinski definition) is 0. The van der Waals surface area contributed by atoms with Crippen LogP contribution in [0.2, 0.25) is 36.3 Å². The van der Waals surface area contributed by atoms with Gasteiger partial charge in [-0.2, -0.15) is 0 Å². The molecule has 1 aromatic heterocycles. The van der Waals surface area contributed by atoms with E-state index in [9.17, 15) is 9.59 Å². The summed E-state index contributed by atoms with van der Waals surface area (Å²) in [6, 6.07) is 0. The highest BCUT2D eigenvalue weighted by Gasteiger charge is 2.47. The molecule has 0 amide bonds. The largest absolute Gasteiger partial charge is 0.457 e. The Morgan fingerprint density at radius 3 is 2.04 bits per heavy atom. The molecule has 0 saturated heterocycles. The van der Waals surface area contributed by atoms with Gasteiger partial charge in [-0.05, 0) is 101 Å². The van der Waals surface area contributed by atoms with Crippen molar-refractivity contribution in [1.82, 2.24) is 4.98 Å². The minimum Gasteiger partial charge on any atom is -0.457 e. The van der Waals surface area contributed by atoms with Crippen LogP contribution in [0.4, 0.5) is 0 Å². The SMILES string of the molecule is C/C(=C\CC(OC(=O)CC(O[Si](C)(C)C(C)(C)C)C(C)(C)C(=O)C(C)Br)/C(C)=C/c1csc(C)n1)CCCC(C)CO[Si](C)(C)C(C)(C)C. The maximum absolute atomic E-state index is 13.8. The molecule has 4 unspecified atom stereocenters. The van der Waals surface area contributed by atoms with E-state index in [1.54, 1.807) is 11.3 Å². The van der Waals surface area contributed by atoms with E-state index in [4.69, 9.17) is 13.6 Å². The standard InChI is InChI=1S/C39H70BrNO5SSi2/c1-27(19-18-20-28(2)25-44-48(14,15)37(6,7)8)21-22-33(29(3)23-32-26-47-31(5)41-32)45-35(42)24-34(39(12,13)36(43)30(4)40)46-49(16,17)38(9,10)11/h21,23,26,28,30,33-34H,18-20,22,24-25H2,1-17H3/b27-21+,29-23+. The van der Waals surface area contributed by atoms with E-state index in [0.717, 1.165) is 42.1 Å². The molecular formula is C39H70BrNO5SSi2. The molecule has 0 fully saturated rings. The van der Waals surface area contributed by atoms with E-state index in [-0.39, 0.29) is 33.1 Å². The second kappa shape index (κ2) is 18.7. The summed E-state index contributed by atoms with van der Waals surface area (Å²) in [6.07, 6.45) is 6.91. The zero-order chi connectivity index (χ0) is 38.2. The zero-order valence-electron chi connectivity index (χ0n) is 34.1. The van der Waals surface area contributed by atoms with Crippen LogP contribution in [0, 0.1) is 18.3 Å². The second-order valence-corrected chi connectivity index (χ2v) is 29.8. The number of aromatic nitrogens is 1. The van der Waals surface area contributed by atoms with E-state index in [2.05, 4.69) is 109 Å². The molecule has 0 spiro atoms. The molecule has 1 heterocycles. The van der Waals surface area contributed by atoms with Crippen molar-refractivity contribution in [3.05, 3.63) is 33.3 Å². The average Bonchev–Trinajstić information content (AvgIpc) is 3.35. The van der Waals surface area contributed by atoms with Gasteiger partial charge in [0.2, 0.25) is 0 Å². The molecule has 0 bridgehead atoms. The molecule has 282 valence electrons. The summed E-state index contributed by atoms with van der Waals surface area (Å²) in [5, 5.41) is 3.15. The highest BCUT2D eigenvalue weighted by atomic mass is 79.9. The number of halogens is 1. The fourth-order valence-corrected chi connectivity index (χ4v) is 8.63. The van der Waals surface area contributed by atoms with E-state index < -0.39 is 34.3 Å². The number of ketones is 1. The third-order valence-corrected chi connectivity index (χ3v) is 20.9. The van der Waals surface area contributed by atoms with Gasteiger partial charge in [0.05, 0.1) is 28.1 Å². The van der Waals surface area contributed by atoms with Gasteiger partial charge in [-0.15, -0.1) is 11.3 Å². The monoisotopic (exact) mass is 799 g/mol. The van der Waals surface area contributed by atoms with Gasteiger partial charge in [-0.1, -0.05) is 89.9 Å². The van der Waals surface area contributed by atoms with Gasteiger partial charge in [0, 0.05) is 23.8 Å². The van der Waals surface area contributed by atoms with Crippen LogP contribution >= 0.6 is 27.3 Å². The second-order valence-electron chi connectivity index (χ2n) is 17.8. The number of rotatable bonds is 19. The van der Waals surface area contributed by atoms with Crippen LogP contribution in [0.15, 0.2) is 22.6 Å². The molecular weight excluding hydrogens is 731 g/mol. The molecule has 10 heteroatoms. The molecule has 0 saturated carbocycles. The smallest absolute Gasteiger partial charge is 0.309 e. The Hall–Kier alpha value is -0.916. The first-order valence-corrected chi connectivity index (χ1v) is 25.7. The van der Waals surface area contributed by atoms with Crippen molar-refractivity contribution >= 4 is 61.7 Å². The maximum Gasteiger partial charge on any atom is 0.309 e. The first kappa shape index (κ1) is 46.1. The first-order chi connectivity index (χ1) is 22.1. The van der Waals surface area contributed by atoms with E-state index in [1.165, 1.54) is 5.57 Å². The van der Waals surface area contributed by atoms with Gasteiger partial charge in [0.1, 0.15) is 6.10 Å². The minimum atomic E-state index is -2.32. The maximum atomic E-state index is 13.8. The summed E-state index contributed by atoms with van der Waals surface area (Å²) >= 11 is 5.07. The van der Waals surface area contributed by atoms with Gasteiger partial charge in [0.25, 0.3) is 0 Å². The number of Topliss-reactive ketones (excluding diaryl/α,β-unsaturated/α-hetero) is 1. The lowest BCUT2D eigenvalue weighted by molar-refractivity contribution is -0.152. The highest BCUT2D eigenvalue weighted by Crippen LogP contribution is 2.42. The van der Waals surface area contributed by atoms with E-state index in [1.807, 2.05) is 46.1 Å². The number of carbonyl (C=O) groups is 2. The third-order valence-electron chi connectivity index (χ3n) is 10.7. The number of ether oxygens (including phenoxy) is 1. The molecule has 0 aliphatic carbocycles. The fourth-order valence-electron chi connectivity index (χ4n) is 4.90. The van der Waals surface area contributed by atoms with Crippen LogP contribution in [0.1, 0.15) is 126 Å². The Morgan fingerprint density at radius 1 is 0.980 bits per heavy atom. The minimum absolute atomic E-state index is 0.00208. The number of aryl methyl sites for hydroxylation is 1. The number of carbonyl (C=O) groups excluding carboxylic acids is 2. The Balaban J connectivity index is 3.16. The lowest BCUT2D eigenvalue weighted by Gasteiger charge is -2.43. The summed E-state index contributed by atoms with van der Waals surface area (Å²) in [4.78, 5) is 31.4. The number of hydrogen-bond acceptors (Lipinski definition) is 7. The number of esters is 1. The molecule has 4 atom stereocenters. The molecule has 49 heavy (non-hydrogen) atoms. The van der Waals surface area contributed by atoms with Crippen molar-refractivity contribution in [2.75, 3.05) is 6.61 Å². The normalized spacial score (nSPS) is 16.7. The molecule has 0 aliphatic rings. The number of alkyl halides is 1. The summed E-state index contributed by atoms with van der Waals surface area (Å²) in [5.41, 5.74) is 2.20. The molecule has 1 rings (SSSR count). The average molecular weight is 801 g/mol. The predicted octanol–water partition coefficient (Wildman–Crippen LogP) is 12.1. The summed E-state index contributed by atoms with van der Waals surface area (Å²) < 4.78 is 19.5. The molecule has 0 radical (unpaired) electrons. The molecule has 0 aliphatic heterocycles. The van der Waals surface area contributed by atoms with Gasteiger partial charge in [-0.25, -0.2) is 4.98 Å². The summed E-state index contributed by atoms with van der Waals surface area (Å²) in [6.45, 7) is 37.1. The number of allylic oxidation sites excluding steroid dienone is 1. The van der Waals surface area contributed by atoms with Crippen molar-refractivity contribution in [1.29, 1.82) is 0 Å². The topological polar surface area (TPSA) is 74.7 Å². The first-order valence-electron chi connectivity index (χ1n) is 18.1. The molecule has 0 N–H and O–H groups in total. The van der Waals surface area contributed by atoms with Gasteiger partial charge < -0.3 is 13.6 Å². The Bertz CT molecular complexity index is 1290. The lowest BCUT2D eigenvalue weighted by Crippen LogP contribution is -2.51. The number of nitrogens with zero attached hydrogens (tertiary/aromatic N) is 1. The fraction of sp³-hybridized carbons (Fsp3) is 0.769. The van der Waals surface area contributed by atoms with Crippen LogP contribution in [-0.4, -0.2) is 57.0 Å². The van der Waals surface area contributed by atoms with Gasteiger partial charge >= 0.3 is 5.97 Å². The Kier molecular flexibility index (Phi) is 17.6. The van der Waals surface area contributed by atoms with E-state index >= 15 is 0 Å². The van der Waals surface area contributed by atoms with Crippen molar-refractivity contribution in [2.45, 2.75) is 175 Å². The van der Waals surface area contributed by atoms with Crippen molar-refractivity contribution in [3.63, 3.8) is 0 Å². The molecule has 1 aromatic rings. The predicted molar refractivity (Wildman–Crippen MR) is 219 cm³/mol. The highest BCUT2D eigenvalue weighted by molar-refractivity contribution is 9.10. The summed E-state index contributed by atoms with van der Waals surface area (Å²) in [5.74, 6) is 0.156. The quantitative estimate of drug-likeness (QED) is 0.0600. The van der Waals surface area contributed by atoms with Crippen LogP contribution in [-0.2, 0) is 23.2 Å².